The van der Waals surface area contributed by atoms with E-state index in [1.807, 2.05) is 0 Å². The lowest BCUT2D eigenvalue weighted by atomic mass is 9.77. The van der Waals surface area contributed by atoms with Crippen LogP contribution in [0.5, 0.6) is 0 Å². The Labute approximate surface area is 392 Å². The Kier molecular flexibility index (Phi) is 9.01. The van der Waals surface area contributed by atoms with Crippen molar-refractivity contribution in [1.82, 2.24) is 4.57 Å². The minimum Gasteiger partial charge on any atom is -0.383 e. The number of anilines is 2. The van der Waals surface area contributed by atoms with Crippen LogP contribution in [0.3, 0.4) is 0 Å². The maximum atomic E-state index is 7.15. The van der Waals surface area contributed by atoms with Gasteiger partial charge in [-0.3, -0.25) is 0 Å². The Balaban J connectivity index is 0.864. The zero-order valence-corrected chi connectivity index (χ0v) is 37.8. The average molecular weight is 863 g/mol. The van der Waals surface area contributed by atoms with Gasteiger partial charge in [0, 0.05) is 56.0 Å². The minimum absolute atomic E-state index is 0.0268. The number of amidine groups is 1. The summed E-state index contributed by atoms with van der Waals surface area (Å²) >= 11 is 0. The summed E-state index contributed by atoms with van der Waals surface area (Å²) in [6.45, 7) is 4.67. The molecule has 13 rings (SSSR count). The predicted molar refractivity (Wildman–Crippen MR) is 279 cm³/mol. The molecular weight excluding hydrogens is 813 g/mol. The third-order valence-electron chi connectivity index (χ3n) is 15.1. The van der Waals surface area contributed by atoms with Crippen molar-refractivity contribution in [1.29, 1.82) is 0 Å². The summed E-state index contributed by atoms with van der Waals surface area (Å²) in [6.07, 6.45) is 12.2. The molecule has 1 aromatic heterocycles. The lowest BCUT2D eigenvalue weighted by molar-refractivity contribution is 0.660. The van der Waals surface area contributed by atoms with E-state index < -0.39 is 0 Å². The fourth-order valence-corrected chi connectivity index (χ4v) is 12.0. The zero-order valence-electron chi connectivity index (χ0n) is 37.8. The summed E-state index contributed by atoms with van der Waals surface area (Å²) in [4.78, 5) is 7.88. The first-order valence-corrected chi connectivity index (χ1v) is 23.7. The van der Waals surface area contributed by atoms with Crippen LogP contribution in [0.1, 0.15) is 70.8 Å². The van der Waals surface area contributed by atoms with Crippen molar-refractivity contribution in [2.45, 2.75) is 50.5 Å². The summed E-state index contributed by atoms with van der Waals surface area (Å²) in [5.74, 6) is 0.756. The summed E-state index contributed by atoms with van der Waals surface area (Å²) in [6, 6.07) is 66.5. The Morgan fingerprint density at radius 3 is 2.34 bits per heavy atom. The van der Waals surface area contributed by atoms with E-state index in [4.69, 9.17) is 10.7 Å². The van der Waals surface area contributed by atoms with Crippen LogP contribution in [-0.2, 0) is 18.3 Å². The van der Waals surface area contributed by atoms with Crippen molar-refractivity contribution < 1.29 is 0 Å². The summed E-state index contributed by atoms with van der Waals surface area (Å²) in [5, 5.41) is 3.51. The second kappa shape index (κ2) is 15.3. The lowest BCUT2D eigenvalue weighted by Crippen LogP contribution is -2.30. The molecule has 2 N–H and O–H groups in total. The van der Waals surface area contributed by atoms with Gasteiger partial charge < -0.3 is 15.2 Å². The zero-order chi connectivity index (χ0) is 44.8. The topological polar surface area (TPSA) is 46.5 Å². The number of nitrogens with zero attached hydrogens (tertiary/aromatic N) is 3. The van der Waals surface area contributed by atoms with Crippen LogP contribution in [0, 0.1) is 0 Å². The number of hydrogen-bond donors (Lipinski definition) is 1. The fraction of sp³-hybridized carbons (Fsp3) is 0.127. The molecule has 0 spiro atoms. The summed E-state index contributed by atoms with van der Waals surface area (Å²) < 4.78 is 2.46. The van der Waals surface area contributed by atoms with Crippen molar-refractivity contribution in [3.8, 4) is 16.8 Å². The van der Waals surface area contributed by atoms with Gasteiger partial charge in [0.2, 0.25) is 0 Å². The van der Waals surface area contributed by atoms with E-state index in [2.05, 4.69) is 230 Å². The standard InChI is InChI=1S/C63H50N4/c1-63(2)54-26-11-8-22-49(54)52-37-40(30-34-55(52)63)36-43-32-31-41-16-6-7-21-48(41)61(43)65-62(64)44-17-14-20-46(38-44)67-56-27-12-9-23-50(56)53-39-42(33-35-58(53)67)47-25-15-29-59-60(47)51-24-10-13-28-57(51)66(59)45-18-4-3-5-19-45/h3-32,34,37-39,59-60H,33,35-36H2,1-2H3,(H2,64,65). The van der Waals surface area contributed by atoms with E-state index in [9.17, 15) is 0 Å². The van der Waals surface area contributed by atoms with Crippen molar-refractivity contribution in [3.05, 3.63) is 256 Å². The third kappa shape index (κ3) is 6.23. The smallest absolute Gasteiger partial charge is 0.131 e. The molecule has 3 aliphatic carbocycles. The molecule has 0 fully saturated rings. The number of benzene rings is 8. The second-order valence-corrected chi connectivity index (χ2v) is 19.2. The number of aromatic nitrogens is 1. The maximum Gasteiger partial charge on any atom is 0.131 e. The summed E-state index contributed by atoms with van der Waals surface area (Å²) in [5.41, 5.74) is 28.5. The van der Waals surface area contributed by atoms with E-state index in [1.54, 1.807) is 0 Å². The van der Waals surface area contributed by atoms with Gasteiger partial charge in [0.1, 0.15) is 5.84 Å². The number of fused-ring (bicyclic) bond motifs is 10. The number of para-hydroxylation sites is 3. The van der Waals surface area contributed by atoms with Crippen LogP contribution >= 0.6 is 0 Å². The number of nitrogens with two attached hydrogens (primary N) is 1. The Morgan fingerprint density at radius 2 is 1.43 bits per heavy atom. The molecule has 0 bridgehead atoms. The molecule has 8 aromatic carbocycles. The van der Waals surface area contributed by atoms with Crippen LogP contribution < -0.4 is 10.6 Å². The third-order valence-corrected chi connectivity index (χ3v) is 15.1. The monoisotopic (exact) mass is 862 g/mol. The molecule has 0 saturated carbocycles. The molecule has 322 valence electrons. The van der Waals surface area contributed by atoms with Gasteiger partial charge in [-0.2, -0.15) is 0 Å². The van der Waals surface area contributed by atoms with E-state index in [1.165, 1.54) is 78.1 Å². The maximum absolute atomic E-state index is 7.15. The van der Waals surface area contributed by atoms with Crippen LogP contribution in [0.4, 0.5) is 17.1 Å². The van der Waals surface area contributed by atoms with Gasteiger partial charge in [0.05, 0.1) is 17.2 Å². The first-order chi connectivity index (χ1) is 32.9. The number of hydrogen-bond acceptors (Lipinski definition) is 2. The Hall–Kier alpha value is -7.95. The van der Waals surface area contributed by atoms with Gasteiger partial charge in [-0.05, 0) is 117 Å². The highest BCUT2D eigenvalue weighted by molar-refractivity contribution is 6.04. The van der Waals surface area contributed by atoms with Gasteiger partial charge in [0.15, 0.2) is 0 Å². The molecule has 0 amide bonds. The molecule has 4 nitrogen and oxygen atoms in total. The normalized spacial score (nSPS) is 17.7. The van der Waals surface area contributed by atoms with Crippen LogP contribution in [0.2, 0.25) is 0 Å². The van der Waals surface area contributed by atoms with Crippen LogP contribution in [0.15, 0.2) is 216 Å². The Morgan fingerprint density at radius 1 is 0.672 bits per heavy atom. The van der Waals surface area contributed by atoms with E-state index in [-0.39, 0.29) is 17.4 Å². The highest BCUT2D eigenvalue weighted by Crippen LogP contribution is 2.53. The Bertz CT molecular complexity index is 3620. The molecule has 4 aliphatic rings. The first-order valence-electron chi connectivity index (χ1n) is 23.7. The van der Waals surface area contributed by atoms with Gasteiger partial charge in [0.25, 0.3) is 0 Å². The average Bonchev–Trinajstić information content (AvgIpc) is 3.97. The number of allylic oxidation sites excluding steroid dienone is 3. The molecule has 67 heavy (non-hydrogen) atoms. The molecule has 1 aliphatic heterocycles. The molecule has 2 heterocycles. The van der Waals surface area contributed by atoms with Gasteiger partial charge in [-0.15, -0.1) is 0 Å². The minimum atomic E-state index is -0.0268. The molecule has 0 radical (unpaired) electrons. The number of aliphatic imine (C=N–C) groups is 1. The van der Waals surface area contributed by atoms with Gasteiger partial charge in [-0.1, -0.05) is 178 Å². The van der Waals surface area contributed by atoms with Crippen molar-refractivity contribution >= 4 is 50.6 Å². The van der Waals surface area contributed by atoms with Gasteiger partial charge in [-0.25, -0.2) is 4.99 Å². The highest BCUT2D eigenvalue weighted by Gasteiger charge is 2.42. The lowest BCUT2D eigenvalue weighted by Gasteiger charge is -2.32. The summed E-state index contributed by atoms with van der Waals surface area (Å²) in [7, 11) is 0. The van der Waals surface area contributed by atoms with Crippen molar-refractivity contribution in [3.63, 3.8) is 0 Å². The fourth-order valence-electron chi connectivity index (χ4n) is 12.0. The van der Waals surface area contributed by atoms with E-state index in [0.29, 0.717) is 5.84 Å². The quantitative estimate of drug-likeness (QED) is 0.128. The van der Waals surface area contributed by atoms with Gasteiger partial charge >= 0.3 is 0 Å². The van der Waals surface area contributed by atoms with E-state index >= 15 is 0 Å². The molecular formula is C63H50N4. The molecule has 0 saturated heterocycles. The molecule has 9 aromatic rings. The molecule has 4 heteroatoms. The van der Waals surface area contributed by atoms with E-state index in [0.717, 1.165) is 52.5 Å². The van der Waals surface area contributed by atoms with Crippen LogP contribution in [0.25, 0.3) is 44.6 Å². The largest absolute Gasteiger partial charge is 0.383 e. The molecule has 2 unspecified atom stereocenters. The van der Waals surface area contributed by atoms with Crippen LogP contribution in [-0.4, -0.2) is 16.4 Å². The SMILES string of the molecule is CC1(C)c2ccccc2-c2cc(Cc3ccc4ccccc4c3N=C(N)c3cccc(-n4c5c(c6ccccc64)C=C(C4=CC=CC6C4c4ccccc4N6c4ccccc4)CC5)c3)ccc21. The molecule has 2 atom stereocenters. The number of rotatable bonds is 7. The predicted octanol–water partition coefficient (Wildman–Crippen LogP) is 14.8. The highest BCUT2D eigenvalue weighted by atomic mass is 15.2. The second-order valence-electron chi connectivity index (χ2n) is 19.2. The first kappa shape index (κ1) is 39.4. The van der Waals surface area contributed by atoms with Crippen molar-refractivity contribution in [2.24, 2.45) is 10.7 Å². The van der Waals surface area contributed by atoms with Crippen molar-refractivity contribution in [2.75, 3.05) is 4.90 Å².